The SMILES string of the molecule is Cn1c2nc3nc(nc4[nH]c(nc5nc(nc1c1cc6ccccc6cc12)-c1ccccc1-5)c1cc2ccccc2cc41)-c1ccccc1-3. The number of hydrogen-bond donors (Lipinski definition) is 1. The van der Waals surface area contributed by atoms with E-state index in [9.17, 15) is 0 Å². The summed E-state index contributed by atoms with van der Waals surface area (Å²) in [4.78, 5) is 34.7. The maximum absolute atomic E-state index is 5.28. The van der Waals surface area contributed by atoms with Crippen molar-refractivity contribution in [3.63, 3.8) is 0 Å². The van der Waals surface area contributed by atoms with Crippen LogP contribution < -0.4 is 0 Å². The Labute approximate surface area is 278 Å². The number of hydrogen-bond acceptors (Lipinski definition) is 6. The molecule has 0 spiro atoms. The Hall–Kier alpha value is -6.80. The van der Waals surface area contributed by atoms with Crippen LogP contribution in [0, 0.1) is 0 Å². The van der Waals surface area contributed by atoms with E-state index in [-0.39, 0.29) is 0 Å². The summed E-state index contributed by atoms with van der Waals surface area (Å²) < 4.78 is 2.05. The Morgan fingerprint density at radius 2 is 0.714 bits per heavy atom. The van der Waals surface area contributed by atoms with E-state index in [1.54, 1.807) is 0 Å². The van der Waals surface area contributed by atoms with Crippen molar-refractivity contribution < 1.29 is 0 Å². The lowest BCUT2D eigenvalue weighted by atomic mass is 10.1. The van der Waals surface area contributed by atoms with Crippen molar-refractivity contribution in [2.45, 2.75) is 0 Å². The van der Waals surface area contributed by atoms with Gasteiger partial charge in [0.2, 0.25) is 0 Å². The predicted molar refractivity (Wildman–Crippen MR) is 196 cm³/mol. The molecular formula is C41H24N8. The molecule has 8 nitrogen and oxygen atoms in total. The number of nitrogens with one attached hydrogen (secondary N) is 1. The van der Waals surface area contributed by atoms with Crippen LogP contribution in [-0.4, -0.2) is 39.5 Å². The largest absolute Gasteiger partial charge is 0.324 e. The van der Waals surface area contributed by atoms with Crippen molar-refractivity contribution in [2.24, 2.45) is 7.05 Å². The van der Waals surface area contributed by atoms with Crippen molar-refractivity contribution >= 4 is 65.7 Å². The predicted octanol–water partition coefficient (Wildman–Crippen LogP) is 9.19. The molecule has 0 aliphatic carbocycles. The normalized spacial score (nSPS) is 12.2. The van der Waals surface area contributed by atoms with Crippen molar-refractivity contribution in [1.29, 1.82) is 0 Å². The molecule has 5 heterocycles. The number of aromatic nitrogens is 8. The smallest absolute Gasteiger partial charge is 0.164 e. The minimum atomic E-state index is 0.595. The molecule has 11 rings (SSSR count). The van der Waals surface area contributed by atoms with Gasteiger partial charge in [-0.05, 0) is 45.8 Å². The number of aromatic amines is 1. The molecule has 0 atom stereocenters. The van der Waals surface area contributed by atoms with E-state index >= 15 is 0 Å². The molecule has 228 valence electrons. The molecule has 6 aromatic carbocycles. The van der Waals surface area contributed by atoms with Gasteiger partial charge >= 0.3 is 0 Å². The second-order valence-electron chi connectivity index (χ2n) is 12.6. The summed E-state index contributed by atoms with van der Waals surface area (Å²) in [5.41, 5.74) is 6.60. The molecule has 3 aromatic heterocycles. The van der Waals surface area contributed by atoms with E-state index in [1.807, 2.05) is 35.9 Å². The highest BCUT2D eigenvalue weighted by molar-refractivity contribution is 6.13. The van der Waals surface area contributed by atoms with Gasteiger partial charge in [-0.15, -0.1) is 0 Å². The third-order valence-electron chi connectivity index (χ3n) is 9.74. The highest BCUT2D eigenvalue weighted by Crippen LogP contribution is 2.38. The number of benzene rings is 6. The third-order valence-corrected chi connectivity index (χ3v) is 9.74. The number of rotatable bonds is 0. The van der Waals surface area contributed by atoms with Crippen molar-refractivity contribution in [3.8, 4) is 45.6 Å². The molecular weight excluding hydrogens is 605 g/mol. The first kappa shape index (κ1) is 26.3. The second kappa shape index (κ2) is 9.62. The standard InChI is InChI=1S/C41H24N8/c1-49-40-32-20-24-12-4-5-13-25(24)21-33(32)41(49)48-37-29-17-9-7-15-27(29)35(43-37)45-39-31-19-23-11-3-2-10-22(23)18-30(31)38(46-39)44-34-26-14-6-8-16-28(26)36(42-34)47-40/h2-21H,1H3,(H,42,43,44,45,46,47,48). The van der Waals surface area contributed by atoms with Gasteiger partial charge in [0, 0.05) is 50.8 Å². The van der Waals surface area contributed by atoms with Crippen LogP contribution >= 0.6 is 0 Å². The third kappa shape index (κ3) is 3.79. The average molecular weight is 629 g/mol. The topological polar surface area (TPSA) is 98.1 Å². The number of fused-ring (bicyclic) bond motifs is 22. The Morgan fingerprint density at radius 3 is 1.10 bits per heavy atom. The molecule has 0 amide bonds. The summed E-state index contributed by atoms with van der Waals surface area (Å²) >= 11 is 0. The summed E-state index contributed by atoms with van der Waals surface area (Å²) in [6.45, 7) is 0. The molecule has 9 aromatic rings. The van der Waals surface area contributed by atoms with Gasteiger partial charge in [0.1, 0.15) is 22.6 Å². The Bertz CT molecular complexity index is 2880. The monoisotopic (exact) mass is 628 g/mol. The maximum atomic E-state index is 5.28. The molecule has 0 radical (unpaired) electrons. The number of aryl methyl sites for hydroxylation is 1. The minimum absolute atomic E-state index is 0.595. The molecule has 2 aliphatic rings. The summed E-state index contributed by atoms with van der Waals surface area (Å²) in [6, 6.07) is 41.7. The van der Waals surface area contributed by atoms with Crippen LogP contribution in [0.4, 0.5) is 0 Å². The summed E-state index contributed by atoms with van der Waals surface area (Å²) in [5, 5.41) is 8.39. The maximum Gasteiger partial charge on any atom is 0.164 e. The lowest BCUT2D eigenvalue weighted by Crippen LogP contribution is -1.92. The highest BCUT2D eigenvalue weighted by atomic mass is 15.1. The number of nitrogens with zero attached hydrogens (tertiary/aromatic N) is 7. The van der Waals surface area contributed by atoms with Gasteiger partial charge in [-0.2, -0.15) is 0 Å². The van der Waals surface area contributed by atoms with Crippen LogP contribution in [0.2, 0.25) is 0 Å². The van der Waals surface area contributed by atoms with Gasteiger partial charge < -0.3 is 9.55 Å². The molecule has 8 heteroatoms. The van der Waals surface area contributed by atoms with Crippen LogP contribution in [0.15, 0.2) is 121 Å². The fourth-order valence-corrected chi connectivity index (χ4v) is 7.34. The van der Waals surface area contributed by atoms with E-state index in [1.165, 1.54) is 0 Å². The van der Waals surface area contributed by atoms with Gasteiger partial charge in [0.05, 0.1) is 0 Å². The van der Waals surface area contributed by atoms with Crippen molar-refractivity contribution in [1.82, 2.24) is 39.5 Å². The average Bonchev–Trinajstić information content (AvgIpc) is 3.84. The van der Waals surface area contributed by atoms with Gasteiger partial charge in [0.25, 0.3) is 0 Å². The molecule has 0 saturated heterocycles. The summed E-state index contributed by atoms with van der Waals surface area (Å²) in [5.74, 6) is 2.40. The zero-order valence-corrected chi connectivity index (χ0v) is 26.2. The van der Waals surface area contributed by atoms with E-state index in [4.69, 9.17) is 29.9 Å². The Morgan fingerprint density at radius 1 is 0.388 bits per heavy atom. The number of H-pyrrole nitrogens is 1. The lowest BCUT2D eigenvalue weighted by molar-refractivity contribution is 0.967. The van der Waals surface area contributed by atoms with Crippen LogP contribution in [0.5, 0.6) is 0 Å². The first-order chi connectivity index (χ1) is 24.2. The van der Waals surface area contributed by atoms with Crippen LogP contribution in [0.1, 0.15) is 0 Å². The zero-order chi connectivity index (χ0) is 32.2. The summed E-state index contributed by atoms with van der Waals surface area (Å²) in [6.07, 6.45) is 0. The first-order valence-electron chi connectivity index (χ1n) is 16.2. The fraction of sp³-hybridized carbons (Fsp3) is 0.0244. The van der Waals surface area contributed by atoms with Crippen molar-refractivity contribution in [2.75, 3.05) is 0 Å². The molecule has 49 heavy (non-hydrogen) atoms. The van der Waals surface area contributed by atoms with Gasteiger partial charge in [-0.1, -0.05) is 97.1 Å². The highest BCUT2D eigenvalue weighted by Gasteiger charge is 2.23. The lowest BCUT2D eigenvalue weighted by Gasteiger charge is -1.99. The first-order valence-corrected chi connectivity index (χ1v) is 16.2. The summed E-state index contributed by atoms with van der Waals surface area (Å²) in [7, 11) is 2.01. The van der Waals surface area contributed by atoms with E-state index in [0.29, 0.717) is 34.6 Å². The second-order valence-corrected chi connectivity index (χ2v) is 12.6. The minimum Gasteiger partial charge on any atom is -0.324 e. The zero-order valence-electron chi connectivity index (χ0n) is 26.2. The van der Waals surface area contributed by atoms with Gasteiger partial charge in [0.15, 0.2) is 23.3 Å². The fourth-order valence-electron chi connectivity index (χ4n) is 7.34. The van der Waals surface area contributed by atoms with E-state index < -0.39 is 0 Å². The molecule has 0 unspecified atom stereocenters. The molecule has 8 bridgehead atoms. The molecule has 2 aliphatic heterocycles. The Kier molecular flexibility index (Phi) is 5.16. The Balaban J connectivity index is 1.37. The van der Waals surface area contributed by atoms with Crippen LogP contribution in [0.3, 0.4) is 0 Å². The van der Waals surface area contributed by atoms with Crippen LogP contribution in [-0.2, 0) is 7.05 Å². The molecule has 0 saturated carbocycles. The molecule has 1 N–H and O–H groups in total. The molecule has 0 fully saturated rings. The van der Waals surface area contributed by atoms with Gasteiger partial charge in [-0.25, -0.2) is 29.9 Å². The van der Waals surface area contributed by atoms with Crippen LogP contribution in [0.25, 0.3) is 111 Å². The van der Waals surface area contributed by atoms with E-state index in [0.717, 1.165) is 76.6 Å². The van der Waals surface area contributed by atoms with Crippen molar-refractivity contribution in [3.05, 3.63) is 121 Å². The van der Waals surface area contributed by atoms with Gasteiger partial charge in [-0.3, -0.25) is 0 Å². The van der Waals surface area contributed by atoms with E-state index in [2.05, 4.69) is 102 Å². The quantitative estimate of drug-likeness (QED) is 0.180.